The van der Waals surface area contributed by atoms with Crippen molar-refractivity contribution >= 4 is 28.7 Å². The molecule has 0 unspecified atom stereocenters. The summed E-state index contributed by atoms with van der Waals surface area (Å²) in [6.07, 6.45) is 7.14. The van der Waals surface area contributed by atoms with Gasteiger partial charge in [0.25, 0.3) is 0 Å². The highest BCUT2D eigenvalue weighted by atomic mass is 16.5. The second kappa shape index (κ2) is 9.55. The standard InChI is InChI=1S/C24H23NO4/c1-3-14-28-19-11-8-17(9-12-19)10-13-23(27)29-16-22(26)21-15-25-24-18(4-2)6-5-7-20(21)24/h3,5-13,15,25H,1,4,14,16H2,2H3/b13-10+. The van der Waals surface area contributed by atoms with Crippen LogP contribution in [0.2, 0.25) is 0 Å². The maximum atomic E-state index is 12.5. The van der Waals surface area contributed by atoms with Crippen molar-refractivity contribution in [2.75, 3.05) is 13.2 Å². The molecule has 5 heteroatoms. The molecule has 29 heavy (non-hydrogen) atoms. The summed E-state index contributed by atoms with van der Waals surface area (Å²) in [5.74, 6) is -0.0884. The molecule has 148 valence electrons. The van der Waals surface area contributed by atoms with Crippen LogP contribution in [0.25, 0.3) is 17.0 Å². The number of hydrogen-bond donors (Lipinski definition) is 1. The zero-order chi connectivity index (χ0) is 20.6. The van der Waals surface area contributed by atoms with E-state index in [-0.39, 0.29) is 12.4 Å². The van der Waals surface area contributed by atoms with Crippen molar-refractivity contribution in [1.29, 1.82) is 0 Å². The second-order valence-corrected chi connectivity index (χ2v) is 6.43. The number of Topliss-reactive ketones (excluding diaryl/α,β-unsaturated/α-hetero) is 1. The average Bonchev–Trinajstić information content (AvgIpc) is 3.19. The number of H-pyrrole nitrogens is 1. The number of aromatic nitrogens is 1. The van der Waals surface area contributed by atoms with Gasteiger partial charge in [-0.15, -0.1) is 0 Å². The minimum atomic E-state index is -0.570. The van der Waals surface area contributed by atoms with Crippen LogP contribution >= 0.6 is 0 Å². The Bertz CT molecular complexity index is 1040. The molecule has 0 bridgehead atoms. The molecule has 0 atom stereocenters. The Morgan fingerprint density at radius 1 is 1.14 bits per heavy atom. The third-order valence-corrected chi connectivity index (χ3v) is 4.49. The molecule has 3 rings (SSSR count). The lowest BCUT2D eigenvalue weighted by molar-refractivity contribution is -0.136. The van der Waals surface area contributed by atoms with Crippen LogP contribution in [0.1, 0.15) is 28.4 Å². The van der Waals surface area contributed by atoms with Crippen LogP contribution in [-0.2, 0) is 16.0 Å². The fourth-order valence-corrected chi connectivity index (χ4v) is 3.00. The largest absolute Gasteiger partial charge is 0.490 e. The Hall–Kier alpha value is -3.60. The zero-order valence-corrected chi connectivity index (χ0v) is 16.3. The summed E-state index contributed by atoms with van der Waals surface area (Å²) < 4.78 is 10.5. The molecular formula is C24H23NO4. The fourth-order valence-electron chi connectivity index (χ4n) is 3.00. The van der Waals surface area contributed by atoms with Crippen molar-refractivity contribution in [2.24, 2.45) is 0 Å². The van der Waals surface area contributed by atoms with E-state index in [4.69, 9.17) is 9.47 Å². The highest BCUT2D eigenvalue weighted by molar-refractivity contribution is 6.09. The molecule has 1 N–H and O–H groups in total. The van der Waals surface area contributed by atoms with Gasteiger partial charge in [-0.25, -0.2) is 4.79 Å². The van der Waals surface area contributed by atoms with E-state index in [0.717, 1.165) is 34.2 Å². The van der Waals surface area contributed by atoms with Crippen molar-refractivity contribution < 1.29 is 19.1 Å². The first-order valence-electron chi connectivity index (χ1n) is 9.43. The average molecular weight is 389 g/mol. The van der Waals surface area contributed by atoms with E-state index in [1.54, 1.807) is 30.5 Å². The van der Waals surface area contributed by atoms with Crippen LogP contribution in [0, 0.1) is 0 Å². The molecule has 5 nitrogen and oxygen atoms in total. The van der Waals surface area contributed by atoms with Crippen molar-refractivity contribution in [2.45, 2.75) is 13.3 Å². The monoisotopic (exact) mass is 389 g/mol. The van der Waals surface area contributed by atoms with E-state index in [1.165, 1.54) is 6.08 Å². The Kier molecular flexibility index (Phi) is 6.63. The van der Waals surface area contributed by atoms with Crippen LogP contribution in [0.5, 0.6) is 5.75 Å². The molecule has 0 aliphatic heterocycles. The molecule has 0 fully saturated rings. The summed E-state index contributed by atoms with van der Waals surface area (Å²) in [6, 6.07) is 13.1. The summed E-state index contributed by atoms with van der Waals surface area (Å²) in [7, 11) is 0. The number of rotatable bonds is 9. The number of fused-ring (bicyclic) bond motifs is 1. The number of benzene rings is 2. The zero-order valence-electron chi connectivity index (χ0n) is 16.3. The van der Waals surface area contributed by atoms with Gasteiger partial charge in [0.05, 0.1) is 0 Å². The molecule has 0 saturated carbocycles. The Morgan fingerprint density at radius 3 is 2.66 bits per heavy atom. The van der Waals surface area contributed by atoms with E-state index in [2.05, 4.69) is 18.5 Å². The Labute approximate surface area is 169 Å². The highest BCUT2D eigenvalue weighted by Crippen LogP contribution is 2.22. The lowest BCUT2D eigenvalue weighted by Crippen LogP contribution is -2.12. The first kappa shape index (κ1) is 20.1. The van der Waals surface area contributed by atoms with Crippen LogP contribution in [-0.4, -0.2) is 30.0 Å². The predicted octanol–water partition coefficient (Wildman–Crippen LogP) is 4.73. The van der Waals surface area contributed by atoms with Gasteiger partial charge in [-0.3, -0.25) is 4.79 Å². The Balaban J connectivity index is 1.57. The number of carbonyl (C=O) groups excluding carboxylic acids is 2. The van der Waals surface area contributed by atoms with Gasteiger partial charge >= 0.3 is 5.97 Å². The summed E-state index contributed by atoms with van der Waals surface area (Å²) in [5.41, 5.74) is 3.44. The molecule has 2 aromatic carbocycles. The molecule has 1 heterocycles. The summed E-state index contributed by atoms with van der Waals surface area (Å²) in [4.78, 5) is 27.6. The maximum Gasteiger partial charge on any atom is 0.331 e. The van der Waals surface area contributed by atoms with Crippen LogP contribution < -0.4 is 4.74 Å². The van der Waals surface area contributed by atoms with E-state index >= 15 is 0 Å². The number of nitrogens with one attached hydrogen (secondary N) is 1. The third kappa shape index (κ3) is 5.02. The molecule has 1 aromatic heterocycles. The maximum absolute atomic E-state index is 12.5. The predicted molar refractivity (Wildman–Crippen MR) is 114 cm³/mol. The minimum Gasteiger partial charge on any atom is -0.490 e. The van der Waals surface area contributed by atoms with Crippen molar-refractivity contribution in [3.63, 3.8) is 0 Å². The van der Waals surface area contributed by atoms with Gasteiger partial charge in [0.2, 0.25) is 5.78 Å². The van der Waals surface area contributed by atoms with Gasteiger partial charge in [-0.1, -0.05) is 49.9 Å². The van der Waals surface area contributed by atoms with Gasteiger partial charge in [0.15, 0.2) is 6.61 Å². The summed E-state index contributed by atoms with van der Waals surface area (Å²) in [6.45, 7) is 5.79. The lowest BCUT2D eigenvalue weighted by atomic mass is 10.1. The van der Waals surface area contributed by atoms with E-state index in [0.29, 0.717) is 12.2 Å². The molecule has 0 spiro atoms. The first-order chi connectivity index (χ1) is 14.1. The van der Waals surface area contributed by atoms with Crippen LogP contribution in [0.4, 0.5) is 0 Å². The van der Waals surface area contributed by atoms with E-state index in [1.807, 2.05) is 30.3 Å². The number of aromatic amines is 1. The normalized spacial score (nSPS) is 10.9. The molecule has 0 saturated heterocycles. The number of ether oxygens (including phenoxy) is 2. The highest BCUT2D eigenvalue weighted by Gasteiger charge is 2.14. The molecule has 3 aromatic rings. The number of aryl methyl sites for hydroxylation is 1. The van der Waals surface area contributed by atoms with Crippen LogP contribution in [0.15, 0.2) is 67.4 Å². The number of esters is 1. The quantitative estimate of drug-likeness (QED) is 0.249. The van der Waals surface area contributed by atoms with Gasteiger partial charge in [-0.2, -0.15) is 0 Å². The third-order valence-electron chi connectivity index (χ3n) is 4.49. The molecule has 0 aliphatic carbocycles. The van der Waals surface area contributed by atoms with Crippen molar-refractivity contribution in [3.8, 4) is 5.75 Å². The fraction of sp³-hybridized carbons (Fsp3) is 0.167. The lowest BCUT2D eigenvalue weighted by Gasteiger charge is -2.03. The van der Waals surface area contributed by atoms with Crippen molar-refractivity contribution in [3.05, 3.63) is 84.1 Å². The number of hydrogen-bond acceptors (Lipinski definition) is 4. The van der Waals surface area contributed by atoms with Gasteiger partial charge in [0, 0.05) is 28.7 Å². The van der Waals surface area contributed by atoms with E-state index < -0.39 is 5.97 Å². The number of para-hydroxylation sites is 1. The van der Waals surface area contributed by atoms with E-state index in [9.17, 15) is 9.59 Å². The Morgan fingerprint density at radius 2 is 1.93 bits per heavy atom. The molecular weight excluding hydrogens is 366 g/mol. The second-order valence-electron chi connectivity index (χ2n) is 6.43. The smallest absolute Gasteiger partial charge is 0.331 e. The van der Waals surface area contributed by atoms with Crippen LogP contribution in [0.3, 0.4) is 0 Å². The minimum absolute atomic E-state index is 0.241. The van der Waals surface area contributed by atoms with Crippen molar-refractivity contribution in [1.82, 2.24) is 4.98 Å². The SMILES string of the molecule is C=CCOc1ccc(/C=C/C(=O)OCC(=O)c2c[nH]c3c(CC)cccc23)cc1. The van der Waals surface area contributed by atoms with Gasteiger partial charge in [0.1, 0.15) is 12.4 Å². The number of carbonyl (C=O) groups is 2. The molecule has 0 radical (unpaired) electrons. The van der Waals surface area contributed by atoms with Gasteiger partial charge in [-0.05, 0) is 35.8 Å². The first-order valence-corrected chi connectivity index (χ1v) is 9.43. The van der Waals surface area contributed by atoms with Gasteiger partial charge < -0.3 is 14.5 Å². The summed E-state index contributed by atoms with van der Waals surface area (Å²) >= 11 is 0. The number of ketones is 1. The molecule has 0 aliphatic rings. The summed E-state index contributed by atoms with van der Waals surface area (Å²) in [5, 5.41) is 0.847. The topological polar surface area (TPSA) is 68.4 Å². The molecule has 0 amide bonds.